The molecule has 5 heteroatoms. The molecule has 0 saturated carbocycles. The molecule has 0 unspecified atom stereocenters. The molecule has 17 aromatic carbocycles. The van der Waals surface area contributed by atoms with E-state index in [1.165, 1.54) is 0 Å². The smallest absolute Gasteiger partial charge is 0.252 e. The zero-order valence-corrected chi connectivity index (χ0v) is 62.0. The Morgan fingerprint density at radius 1 is 0.270 bits per heavy atom. The Morgan fingerprint density at radius 3 is 1.15 bits per heavy atom. The third kappa shape index (κ3) is 10.7. The number of rotatable bonds is 10. The van der Waals surface area contributed by atoms with Crippen LogP contribution in [0.5, 0.6) is 0 Å². The van der Waals surface area contributed by atoms with E-state index in [0.29, 0.717) is 33.9 Å². The molecule has 2 aromatic heterocycles. The minimum Gasteiger partial charge on any atom is -0.310 e. The Hall–Kier alpha value is -13.5. The Bertz CT molecular complexity index is 7800. The minimum absolute atomic E-state index is 0.0237. The van der Waals surface area contributed by atoms with E-state index in [2.05, 4.69) is 227 Å². The fourth-order valence-corrected chi connectivity index (χ4v) is 17.2. The van der Waals surface area contributed by atoms with Crippen molar-refractivity contribution in [3.05, 3.63) is 381 Å². The zero-order chi connectivity index (χ0) is 86.6. The standard InChI is InChI=1S/C106H79BN4/c1-105(2,3)78-62-88(71-35-18-10-19-36-71)104(89(63-78)72-37-20-11-21-38-72)111-99-67-81(109-95-46-27-25-42-86(95)91-60-76(52-58-97(91)109)69-31-14-8-15-32-69)54-56-93(99)107-92-55-53-80(108-94-45-26-24-41-85(94)90-59-75(51-57-96(90)108)68-29-12-7-13-30-68)66-98(92)110(100-64-79(106(4,5)6)65-101(111)102(100)107)103-83(70-33-16-9-17-34-70)43-28-44-84(103)77-50-49-74-48-47-73-39-22-23-40-82(73)87(74)61-77/h7-67H,1-6H3/i24D,25D,26D,27D,41D,42D,45D,46D,51D,52D,57D,58D,59D,60D. The number of para-hydroxylation sites is 3. The summed E-state index contributed by atoms with van der Waals surface area (Å²) in [6.45, 7) is 12.6. The van der Waals surface area contributed by atoms with Crippen LogP contribution in [-0.2, 0) is 10.8 Å². The van der Waals surface area contributed by atoms with Gasteiger partial charge in [0.2, 0.25) is 0 Å². The molecule has 19 aromatic rings. The van der Waals surface area contributed by atoms with Crippen LogP contribution < -0.4 is 26.2 Å². The maximum atomic E-state index is 10.4. The quantitative estimate of drug-likeness (QED) is 0.100. The summed E-state index contributed by atoms with van der Waals surface area (Å²) in [6, 6.07) is 91.4. The Balaban J connectivity index is 0.961. The van der Waals surface area contributed by atoms with Crippen molar-refractivity contribution in [2.45, 2.75) is 52.4 Å². The second kappa shape index (κ2) is 25.6. The fraction of sp³-hybridized carbons (Fsp3) is 0.0755. The average molecular weight is 1430 g/mol. The Morgan fingerprint density at radius 2 is 0.667 bits per heavy atom. The molecule has 2 aliphatic rings. The summed E-state index contributed by atoms with van der Waals surface area (Å²) in [5.41, 5.74) is 17.2. The average Bonchev–Trinajstić information content (AvgIpc) is 1.64. The minimum atomic E-state index is -0.742. The van der Waals surface area contributed by atoms with Crippen molar-refractivity contribution in [1.29, 1.82) is 0 Å². The molecule has 21 rings (SSSR count). The van der Waals surface area contributed by atoms with E-state index in [4.69, 9.17) is 0 Å². The summed E-state index contributed by atoms with van der Waals surface area (Å²) in [5.74, 6) is 0. The number of hydrogen-bond donors (Lipinski definition) is 0. The summed E-state index contributed by atoms with van der Waals surface area (Å²) in [6.07, 6.45) is 0. The molecule has 0 spiro atoms. The molecule has 0 saturated heterocycles. The lowest BCUT2D eigenvalue weighted by Crippen LogP contribution is -2.61. The molecule has 526 valence electrons. The van der Waals surface area contributed by atoms with Crippen molar-refractivity contribution in [3.8, 4) is 78.1 Å². The van der Waals surface area contributed by atoms with Crippen LogP contribution in [0.4, 0.5) is 34.1 Å². The van der Waals surface area contributed by atoms with E-state index in [1.807, 2.05) is 60.7 Å². The number of aromatic nitrogens is 2. The van der Waals surface area contributed by atoms with E-state index in [9.17, 15) is 19.2 Å². The number of fused-ring (bicyclic) bond motifs is 13. The van der Waals surface area contributed by atoms with Crippen molar-refractivity contribution in [2.24, 2.45) is 0 Å². The predicted octanol–water partition coefficient (Wildman–Crippen LogP) is 26.9. The maximum absolute atomic E-state index is 10.4. The molecule has 2 aliphatic heterocycles. The van der Waals surface area contributed by atoms with Gasteiger partial charge in [0.05, 0.1) is 52.6 Å². The number of benzene rings is 17. The SMILES string of the molecule is [2H]c1c([2H])c([2H])c2c(c1[2H])c1c([2H])c(-c3ccccc3)c([2H])c([2H])c1n2-c1ccc2c(c1)N(c1c(-c3ccccc3)cccc1-c1ccc3ccc4ccccc4c3c1)c1cc(C(C)(C)C)cc3c1B2c1ccc(-n2c4c([2H])c([2H])c([2H])c([2H])c4c4c([2H])c(-c5ccccc5)c([2H])c([2H])c42)cc1N3c1c(-c2ccccc2)cc(C(C)(C)C)cc1-c1ccccc1. The van der Waals surface area contributed by atoms with Crippen molar-refractivity contribution in [3.63, 3.8) is 0 Å². The molecule has 0 aliphatic carbocycles. The van der Waals surface area contributed by atoms with Crippen LogP contribution in [0, 0.1) is 0 Å². The highest BCUT2D eigenvalue weighted by molar-refractivity contribution is 7.00. The summed E-state index contributed by atoms with van der Waals surface area (Å²) in [7, 11) is 0. The predicted molar refractivity (Wildman–Crippen MR) is 474 cm³/mol. The molecule has 0 bridgehead atoms. The molecule has 4 heterocycles. The van der Waals surface area contributed by atoms with E-state index in [0.717, 1.165) is 116 Å². The van der Waals surface area contributed by atoms with Gasteiger partial charge in [0.15, 0.2) is 0 Å². The van der Waals surface area contributed by atoms with Crippen molar-refractivity contribution >= 4 is 122 Å². The maximum Gasteiger partial charge on any atom is 0.252 e. The monoisotopic (exact) mass is 1430 g/mol. The van der Waals surface area contributed by atoms with Crippen molar-refractivity contribution in [1.82, 2.24) is 9.13 Å². The lowest BCUT2D eigenvalue weighted by Gasteiger charge is -2.46. The van der Waals surface area contributed by atoms with E-state index >= 15 is 0 Å². The van der Waals surface area contributed by atoms with Gasteiger partial charge in [0, 0.05) is 77.9 Å². The van der Waals surface area contributed by atoms with Crippen LogP contribution in [0.2, 0.25) is 0 Å². The van der Waals surface area contributed by atoms with E-state index < -0.39 is 65.9 Å². The molecular formula is C106H79BN4. The largest absolute Gasteiger partial charge is 0.310 e. The molecule has 0 radical (unpaired) electrons. The normalized spacial score (nSPS) is 14.5. The number of nitrogens with zero attached hydrogens (tertiary/aromatic N) is 4. The van der Waals surface area contributed by atoms with Crippen LogP contribution in [0.3, 0.4) is 0 Å². The third-order valence-corrected chi connectivity index (χ3v) is 22.6. The molecule has 0 N–H and O–H groups in total. The van der Waals surface area contributed by atoms with Gasteiger partial charge in [-0.3, -0.25) is 0 Å². The van der Waals surface area contributed by atoms with Crippen LogP contribution in [0.15, 0.2) is 370 Å². The molecule has 4 nitrogen and oxygen atoms in total. The van der Waals surface area contributed by atoms with E-state index in [-0.39, 0.29) is 91.0 Å². The number of anilines is 6. The second-order valence-electron chi connectivity index (χ2n) is 31.3. The first-order valence-electron chi connectivity index (χ1n) is 44.9. The highest BCUT2D eigenvalue weighted by atomic mass is 15.2. The first-order valence-corrected chi connectivity index (χ1v) is 37.9. The molecule has 0 atom stereocenters. The van der Waals surface area contributed by atoms with Crippen LogP contribution in [0.25, 0.3) is 143 Å². The number of hydrogen-bond acceptors (Lipinski definition) is 2. The Labute approximate surface area is 668 Å². The topological polar surface area (TPSA) is 16.3 Å². The van der Waals surface area contributed by atoms with Gasteiger partial charge in [0.1, 0.15) is 0 Å². The molecule has 111 heavy (non-hydrogen) atoms. The van der Waals surface area contributed by atoms with Gasteiger partial charge in [-0.15, -0.1) is 0 Å². The van der Waals surface area contributed by atoms with E-state index in [1.54, 1.807) is 57.7 Å². The summed E-state index contributed by atoms with van der Waals surface area (Å²) in [5, 5.41) is 4.53. The van der Waals surface area contributed by atoms with Crippen molar-refractivity contribution in [2.75, 3.05) is 9.80 Å². The van der Waals surface area contributed by atoms with Gasteiger partial charge >= 0.3 is 0 Å². The first kappa shape index (κ1) is 52.5. The van der Waals surface area contributed by atoms with Crippen molar-refractivity contribution < 1.29 is 19.2 Å². The summed E-state index contributed by atoms with van der Waals surface area (Å²) in [4.78, 5) is 4.78. The molecule has 0 amide bonds. The van der Waals surface area contributed by atoms with Gasteiger partial charge < -0.3 is 18.9 Å². The zero-order valence-electron chi connectivity index (χ0n) is 76.0. The van der Waals surface area contributed by atoms with Gasteiger partial charge in [-0.25, -0.2) is 0 Å². The van der Waals surface area contributed by atoms with Gasteiger partial charge in [0.25, 0.3) is 6.71 Å². The molecule has 0 fully saturated rings. The fourth-order valence-electron chi connectivity index (χ4n) is 17.2. The second-order valence-corrected chi connectivity index (χ2v) is 31.3. The first-order chi connectivity index (χ1) is 60.2. The molecular weight excluding hydrogens is 1340 g/mol. The van der Waals surface area contributed by atoms with Gasteiger partial charge in [-0.1, -0.05) is 320 Å². The van der Waals surface area contributed by atoms with Gasteiger partial charge in [-0.05, 0) is 195 Å². The highest BCUT2D eigenvalue weighted by Gasteiger charge is 2.46. The van der Waals surface area contributed by atoms with Gasteiger partial charge in [-0.2, -0.15) is 0 Å². The lowest BCUT2D eigenvalue weighted by molar-refractivity contribution is 0.590. The van der Waals surface area contributed by atoms with Crippen LogP contribution in [-0.4, -0.2) is 15.8 Å². The Kier molecular flexibility index (Phi) is 12.1. The van der Waals surface area contributed by atoms with Crippen LogP contribution in [0.1, 0.15) is 71.9 Å². The third-order valence-electron chi connectivity index (χ3n) is 22.6. The lowest BCUT2D eigenvalue weighted by atomic mass is 9.33. The summed E-state index contributed by atoms with van der Waals surface area (Å²) >= 11 is 0. The summed E-state index contributed by atoms with van der Waals surface area (Å²) < 4.78 is 142. The highest BCUT2D eigenvalue weighted by Crippen LogP contribution is 2.56. The van der Waals surface area contributed by atoms with Crippen LogP contribution >= 0.6 is 0 Å².